The topological polar surface area (TPSA) is 102 Å². The lowest BCUT2D eigenvalue weighted by Crippen LogP contribution is -2.32. The summed E-state index contributed by atoms with van der Waals surface area (Å²) in [4.78, 5) is 8.67. The molecule has 0 bridgehead atoms. The van der Waals surface area contributed by atoms with Gasteiger partial charge in [0.1, 0.15) is 9.88 Å². The van der Waals surface area contributed by atoms with Crippen molar-refractivity contribution in [3.8, 4) is 10.8 Å². The van der Waals surface area contributed by atoms with Gasteiger partial charge in [0.25, 0.3) is 11.8 Å². The Morgan fingerprint density at radius 2 is 2.00 bits per heavy atom. The smallest absolute Gasteiger partial charge is 0.314 e. The maximum atomic E-state index is 12.6. The summed E-state index contributed by atoms with van der Waals surface area (Å²) in [5.74, 6) is -0.954. The normalized spacial score (nSPS) is 11.9. The number of nitrogens with zero attached hydrogens (tertiary/aromatic N) is 5. The van der Waals surface area contributed by atoms with Crippen molar-refractivity contribution >= 4 is 27.0 Å². The summed E-state index contributed by atoms with van der Waals surface area (Å²) in [6, 6.07) is 1.77. The molecule has 0 unspecified atom stereocenters. The summed E-state index contributed by atoms with van der Waals surface area (Å²) < 4.78 is 56.6. The predicted molar refractivity (Wildman–Crippen MR) is 99.6 cm³/mol. The molecule has 0 aromatic carbocycles. The van der Waals surface area contributed by atoms with Gasteiger partial charge in [-0.2, -0.15) is 8.78 Å². The third-order valence-electron chi connectivity index (χ3n) is 3.85. The van der Waals surface area contributed by atoms with E-state index < -0.39 is 22.3 Å². The molecule has 0 saturated carbocycles. The van der Waals surface area contributed by atoms with Gasteiger partial charge in [0.15, 0.2) is 0 Å². The molecule has 3 rings (SSSR count). The minimum absolute atomic E-state index is 0.0223. The highest BCUT2D eigenvalue weighted by Crippen LogP contribution is 2.30. The van der Waals surface area contributed by atoms with Crippen molar-refractivity contribution < 1.29 is 21.6 Å². The van der Waals surface area contributed by atoms with Crippen LogP contribution in [0.25, 0.3) is 10.8 Å². The monoisotopic (exact) mass is 429 g/mol. The highest BCUT2D eigenvalue weighted by atomic mass is 32.2. The molecule has 0 N–H and O–H groups in total. The molecule has 0 atom stereocenters. The van der Waals surface area contributed by atoms with Gasteiger partial charge in [-0.1, -0.05) is 6.92 Å². The fourth-order valence-electron chi connectivity index (χ4n) is 2.34. The molecule has 8 nitrogen and oxygen atoms in total. The first-order chi connectivity index (χ1) is 13.3. The Bertz CT molecular complexity index is 1050. The molecule has 0 saturated heterocycles. The van der Waals surface area contributed by atoms with Crippen LogP contribution in [0.15, 0.2) is 29.1 Å². The minimum atomic E-state index is -3.59. The maximum Gasteiger partial charge on any atom is 0.314 e. The molecule has 0 fully saturated rings. The van der Waals surface area contributed by atoms with Crippen LogP contribution >= 0.6 is 11.3 Å². The number of hydrogen-bond acceptors (Lipinski definition) is 8. The Balaban J connectivity index is 1.90. The largest absolute Gasteiger partial charge is 0.414 e. The maximum absolute atomic E-state index is 12.6. The average Bonchev–Trinajstić information content (AvgIpc) is 3.35. The van der Waals surface area contributed by atoms with E-state index in [0.29, 0.717) is 22.0 Å². The van der Waals surface area contributed by atoms with Crippen molar-refractivity contribution in [2.45, 2.75) is 33.2 Å². The first-order valence-electron chi connectivity index (χ1n) is 8.35. The van der Waals surface area contributed by atoms with E-state index in [4.69, 9.17) is 4.42 Å². The van der Waals surface area contributed by atoms with Crippen molar-refractivity contribution in [1.29, 1.82) is 0 Å². The Hall–Kier alpha value is -2.47. The van der Waals surface area contributed by atoms with Crippen molar-refractivity contribution in [2.75, 3.05) is 10.1 Å². The number of halogens is 2. The van der Waals surface area contributed by atoms with Gasteiger partial charge in [0.05, 0.1) is 30.4 Å². The van der Waals surface area contributed by atoms with Crippen LogP contribution < -0.4 is 4.31 Å². The van der Waals surface area contributed by atoms with Gasteiger partial charge in [-0.3, -0.25) is 9.29 Å². The third kappa shape index (κ3) is 4.33. The molecular formula is C16H17F2N5O3S2. The van der Waals surface area contributed by atoms with Gasteiger partial charge in [-0.05, 0) is 25.0 Å². The summed E-state index contributed by atoms with van der Waals surface area (Å²) in [6.07, 6.45) is 2.40. The van der Waals surface area contributed by atoms with Gasteiger partial charge in [0, 0.05) is 6.20 Å². The Morgan fingerprint density at radius 3 is 2.64 bits per heavy atom. The molecule has 3 aromatic rings. The molecule has 150 valence electrons. The number of hydrogen-bond donors (Lipinski definition) is 0. The van der Waals surface area contributed by atoms with E-state index in [1.807, 2.05) is 6.92 Å². The number of sulfonamides is 1. The van der Waals surface area contributed by atoms with Crippen LogP contribution in [0.4, 0.5) is 14.5 Å². The van der Waals surface area contributed by atoms with E-state index in [1.54, 1.807) is 19.2 Å². The summed E-state index contributed by atoms with van der Waals surface area (Å²) >= 11 is 1.09. The van der Waals surface area contributed by atoms with Crippen molar-refractivity contribution in [2.24, 2.45) is 0 Å². The first kappa shape index (κ1) is 20.3. The van der Waals surface area contributed by atoms with Crippen LogP contribution in [0.5, 0.6) is 0 Å². The molecule has 0 spiro atoms. The van der Waals surface area contributed by atoms with Crippen LogP contribution in [0.2, 0.25) is 0 Å². The summed E-state index contributed by atoms with van der Waals surface area (Å²) in [7, 11) is -3.59. The molecular weight excluding hydrogens is 412 g/mol. The molecule has 0 radical (unpaired) electrons. The number of aryl methyl sites for hydroxylation is 1. The number of alkyl halides is 2. The van der Waals surface area contributed by atoms with Crippen molar-refractivity contribution in [3.63, 3.8) is 0 Å². The van der Waals surface area contributed by atoms with Crippen LogP contribution in [0.3, 0.4) is 0 Å². The Morgan fingerprint density at radius 1 is 1.21 bits per heavy atom. The fraction of sp³-hybridized carbons (Fsp3) is 0.375. The lowest BCUT2D eigenvalue weighted by molar-refractivity contribution is 0.116. The van der Waals surface area contributed by atoms with Crippen LogP contribution in [0, 0.1) is 0 Å². The number of aromatic nitrogens is 4. The van der Waals surface area contributed by atoms with E-state index in [0.717, 1.165) is 16.9 Å². The zero-order chi connectivity index (χ0) is 20.3. The number of anilines is 1. The second-order valence-corrected chi connectivity index (χ2v) is 8.97. The molecule has 28 heavy (non-hydrogen) atoms. The van der Waals surface area contributed by atoms with Gasteiger partial charge >= 0.3 is 6.43 Å². The number of rotatable bonds is 8. The molecule has 0 aliphatic rings. The summed E-state index contributed by atoms with van der Waals surface area (Å²) in [6.45, 7) is 3.48. The van der Waals surface area contributed by atoms with Crippen LogP contribution in [-0.4, -0.2) is 34.3 Å². The van der Waals surface area contributed by atoms with E-state index in [9.17, 15) is 17.2 Å². The molecule has 0 amide bonds. The fourth-order valence-corrected chi connectivity index (χ4v) is 4.30. The second-order valence-electron chi connectivity index (χ2n) is 5.68. The SMILES string of the molecule is CCc1cncc(N(Cc2ncc(-c3nnc(C(F)F)o3)s2)S(=O)(=O)CC)c1. The van der Waals surface area contributed by atoms with Crippen molar-refractivity contribution in [1.82, 2.24) is 20.2 Å². The van der Waals surface area contributed by atoms with Gasteiger partial charge in [0.2, 0.25) is 10.0 Å². The van der Waals surface area contributed by atoms with E-state index in [-0.39, 0.29) is 18.2 Å². The van der Waals surface area contributed by atoms with E-state index >= 15 is 0 Å². The lowest BCUT2D eigenvalue weighted by atomic mass is 10.2. The zero-order valence-electron chi connectivity index (χ0n) is 15.0. The third-order valence-corrected chi connectivity index (χ3v) is 6.56. The molecule has 3 aromatic heterocycles. The molecule has 0 aliphatic heterocycles. The minimum Gasteiger partial charge on any atom is -0.414 e. The zero-order valence-corrected chi connectivity index (χ0v) is 16.7. The average molecular weight is 429 g/mol. The van der Waals surface area contributed by atoms with Gasteiger partial charge in [-0.25, -0.2) is 13.4 Å². The lowest BCUT2D eigenvalue weighted by Gasteiger charge is -2.22. The summed E-state index contributed by atoms with van der Waals surface area (Å²) in [5, 5.41) is 7.31. The second kappa shape index (κ2) is 8.27. The standard InChI is InChI=1S/C16H17F2N5O3S2/c1-3-10-5-11(7-19-6-10)23(28(24,25)4-2)9-13-20-8-12(27-13)15-21-22-16(26-15)14(17)18/h5-8,14H,3-4,9H2,1-2H3. The van der Waals surface area contributed by atoms with E-state index in [1.165, 1.54) is 16.7 Å². The molecule has 0 aliphatic carbocycles. The van der Waals surface area contributed by atoms with Crippen molar-refractivity contribution in [3.05, 3.63) is 41.1 Å². The quantitative estimate of drug-likeness (QED) is 0.540. The number of pyridine rings is 1. The Labute approximate surface area is 164 Å². The van der Waals surface area contributed by atoms with Gasteiger partial charge < -0.3 is 4.42 Å². The Kier molecular flexibility index (Phi) is 5.98. The van der Waals surface area contributed by atoms with Crippen LogP contribution in [0.1, 0.15) is 36.7 Å². The molecule has 12 heteroatoms. The van der Waals surface area contributed by atoms with E-state index in [2.05, 4.69) is 20.2 Å². The highest BCUT2D eigenvalue weighted by molar-refractivity contribution is 7.92. The first-order valence-corrected chi connectivity index (χ1v) is 10.8. The molecule has 3 heterocycles. The predicted octanol–water partition coefficient (Wildman–Crippen LogP) is 3.44. The number of thiazole rings is 1. The summed E-state index contributed by atoms with van der Waals surface area (Å²) in [5.41, 5.74) is 1.34. The van der Waals surface area contributed by atoms with Crippen LogP contribution in [-0.2, 0) is 23.0 Å². The highest BCUT2D eigenvalue weighted by Gasteiger charge is 2.24. The van der Waals surface area contributed by atoms with Gasteiger partial charge in [-0.15, -0.1) is 21.5 Å².